The second-order valence-corrected chi connectivity index (χ2v) is 9.97. The summed E-state index contributed by atoms with van der Waals surface area (Å²) in [4.78, 5) is 11.0. The number of benzene rings is 1. The number of hydrogen-bond donors (Lipinski definition) is 2. The number of sulfonamides is 1. The molecule has 1 aromatic rings. The van der Waals surface area contributed by atoms with Crippen molar-refractivity contribution in [2.45, 2.75) is 49.9 Å². The van der Waals surface area contributed by atoms with Gasteiger partial charge in [-0.1, -0.05) is 13.8 Å². The number of rotatable bonds is 7. The maximum absolute atomic E-state index is 12.6. The number of carboxylic acids is 1. The lowest BCUT2D eigenvalue weighted by Gasteiger charge is -2.18. The van der Waals surface area contributed by atoms with Crippen LogP contribution in [0.4, 0.5) is 0 Å². The van der Waals surface area contributed by atoms with Gasteiger partial charge in [0, 0.05) is 6.26 Å². The predicted octanol–water partition coefficient (Wildman–Crippen LogP) is 1.48. The van der Waals surface area contributed by atoms with Gasteiger partial charge in [0.25, 0.3) is 0 Å². The van der Waals surface area contributed by atoms with E-state index in [-0.39, 0.29) is 27.7 Å². The van der Waals surface area contributed by atoms with Crippen LogP contribution in [0.1, 0.15) is 31.4 Å². The summed E-state index contributed by atoms with van der Waals surface area (Å²) in [6, 6.07) is 1.45. The van der Waals surface area contributed by atoms with Crippen LogP contribution in [-0.2, 0) is 24.7 Å². The number of aliphatic carboxylic acids is 1. The van der Waals surface area contributed by atoms with E-state index >= 15 is 0 Å². The van der Waals surface area contributed by atoms with Crippen LogP contribution in [0.25, 0.3) is 0 Å². The van der Waals surface area contributed by atoms with E-state index in [9.17, 15) is 26.7 Å². The summed E-state index contributed by atoms with van der Waals surface area (Å²) < 4.78 is 51.1. The summed E-state index contributed by atoms with van der Waals surface area (Å²) in [6.07, 6.45) is 1.12. The molecule has 9 heteroatoms. The van der Waals surface area contributed by atoms with Gasteiger partial charge in [-0.15, -0.1) is 0 Å². The summed E-state index contributed by atoms with van der Waals surface area (Å²) in [7, 11) is -7.79. The zero-order valence-corrected chi connectivity index (χ0v) is 16.0. The molecule has 0 amide bonds. The molecule has 7 nitrogen and oxygen atoms in total. The van der Waals surface area contributed by atoms with Gasteiger partial charge in [-0.2, -0.15) is 4.72 Å². The number of carboxylic acid groups (broad SMARTS) is 1. The molecule has 0 bridgehead atoms. The zero-order chi connectivity index (χ0) is 18.9. The minimum atomic E-state index is -4.18. The molecule has 24 heavy (non-hydrogen) atoms. The Morgan fingerprint density at radius 1 is 1.12 bits per heavy atom. The molecule has 0 aliphatic rings. The van der Waals surface area contributed by atoms with E-state index in [1.54, 1.807) is 20.8 Å². The third-order valence-corrected chi connectivity index (χ3v) is 6.27. The van der Waals surface area contributed by atoms with Crippen LogP contribution >= 0.6 is 0 Å². The van der Waals surface area contributed by atoms with Crippen molar-refractivity contribution >= 4 is 25.8 Å². The van der Waals surface area contributed by atoms with Crippen LogP contribution in [0.5, 0.6) is 0 Å². The molecule has 0 saturated carbocycles. The lowest BCUT2D eigenvalue weighted by atomic mass is 10.1. The first-order valence-electron chi connectivity index (χ1n) is 7.32. The molecule has 1 aromatic carbocycles. The first-order chi connectivity index (χ1) is 10.8. The molecule has 0 aromatic heterocycles. The minimum Gasteiger partial charge on any atom is -0.480 e. The van der Waals surface area contributed by atoms with Gasteiger partial charge in [-0.05, 0) is 49.4 Å². The van der Waals surface area contributed by atoms with E-state index in [2.05, 4.69) is 4.72 Å². The van der Waals surface area contributed by atoms with Gasteiger partial charge in [0.2, 0.25) is 10.0 Å². The highest BCUT2D eigenvalue weighted by Gasteiger charge is 2.29. The van der Waals surface area contributed by atoms with Crippen LogP contribution < -0.4 is 4.72 Å². The van der Waals surface area contributed by atoms with Crippen molar-refractivity contribution in [3.63, 3.8) is 0 Å². The van der Waals surface area contributed by atoms with Crippen LogP contribution in [0.15, 0.2) is 21.9 Å². The van der Waals surface area contributed by atoms with E-state index in [1.807, 2.05) is 0 Å². The van der Waals surface area contributed by atoms with Crippen molar-refractivity contribution < 1.29 is 26.7 Å². The summed E-state index contributed by atoms with van der Waals surface area (Å²) in [5.74, 6) is -1.31. The van der Waals surface area contributed by atoms with Crippen LogP contribution in [0, 0.1) is 19.8 Å². The van der Waals surface area contributed by atoms with Crippen molar-refractivity contribution in [3.8, 4) is 0 Å². The minimum absolute atomic E-state index is 0.0287. The Balaban J connectivity index is 3.43. The molecule has 1 atom stereocenters. The third kappa shape index (κ3) is 5.02. The smallest absolute Gasteiger partial charge is 0.321 e. The fourth-order valence-electron chi connectivity index (χ4n) is 2.38. The molecule has 2 N–H and O–H groups in total. The van der Waals surface area contributed by atoms with Gasteiger partial charge < -0.3 is 5.11 Å². The number of carbonyl (C=O) groups is 1. The monoisotopic (exact) mass is 377 g/mol. The first-order valence-corrected chi connectivity index (χ1v) is 10.7. The second-order valence-electron chi connectivity index (χ2n) is 6.30. The predicted molar refractivity (Wildman–Crippen MR) is 90.2 cm³/mol. The van der Waals surface area contributed by atoms with E-state index in [0.717, 1.165) is 6.26 Å². The van der Waals surface area contributed by atoms with Gasteiger partial charge in [0.1, 0.15) is 6.04 Å². The molecule has 0 heterocycles. The Hall–Kier alpha value is -1.45. The Morgan fingerprint density at radius 3 is 2.04 bits per heavy atom. The average Bonchev–Trinajstić information content (AvgIpc) is 2.37. The van der Waals surface area contributed by atoms with Crippen molar-refractivity contribution in [2.24, 2.45) is 5.92 Å². The molecule has 0 unspecified atom stereocenters. The van der Waals surface area contributed by atoms with Gasteiger partial charge in [-0.25, -0.2) is 16.8 Å². The molecule has 1 rings (SSSR count). The third-order valence-electron chi connectivity index (χ3n) is 3.45. The van der Waals surface area contributed by atoms with Crippen LogP contribution in [0.3, 0.4) is 0 Å². The normalized spacial score (nSPS) is 13.9. The maximum Gasteiger partial charge on any atom is 0.321 e. The fraction of sp³-hybridized carbons (Fsp3) is 0.533. The number of sulfone groups is 1. The summed E-state index contributed by atoms with van der Waals surface area (Å²) in [5.41, 5.74) is 0.529. The molecule has 0 aliphatic carbocycles. The second kappa shape index (κ2) is 7.20. The Morgan fingerprint density at radius 2 is 1.62 bits per heavy atom. The molecular formula is C15H23NO6S2. The zero-order valence-electron chi connectivity index (χ0n) is 14.3. The highest BCUT2D eigenvalue weighted by Crippen LogP contribution is 2.25. The highest BCUT2D eigenvalue weighted by atomic mass is 32.2. The van der Waals surface area contributed by atoms with Crippen molar-refractivity contribution in [1.82, 2.24) is 4.72 Å². The highest BCUT2D eigenvalue weighted by molar-refractivity contribution is 7.91. The Kier molecular flexibility index (Phi) is 6.18. The number of nitrogens with one attached hydrogen (secondary N) is 1. The molecule has 0 aliphatic heterocycles. The Bertz CT molecular complexity index is 841. The van der Waals surface area contributed by atoms with E-state index in [4.69, 9.17) is 0 Å². The van der Waals surface area contributed by atoms with E-state index in [1.165, 1.54) is 19.1 Å². The molecule has 136 valence electrons. The van der Waals surface area contributed by atoms with Crippen LogP contribution in [-0.4, -0.2) is 40.2 Å². The van der Waals surface area contributed by atoms with Gasteiger partial charge in [-0.3, -0.25) is 4.79 Å². The topological polar surface area (TPSA) is 118 Å². The van der Waals surface area contributed by atoms with E-state index < -0.39 is 31.9 Å². The molecule has 0 spiro atoms. The summed E-state index contributed by atoms with van der Waals surface area (Å²) in [5, 5.41) is 9.22. The van der Waals surface area contributed by atoms with Gasteiger partial charge >= 0.3 is 5.97 Å². The average molecular weight is 377 g/mol. The van der Waals surface area contributed by atoms with Crippen molar-refractivity contribution in [2.75, 3.05) is 6.26 Å². The van der Waals surface area contributed by atoms with Crippen molar-refractivity contribution in [1.29, 1.82) is 0 Å². The SMILES string of the molecule is Cc1cc(S(C)(=O)=O)c(C)c(S(=O)(=O)N[C@@H](CC(C)C)C(=O)O)c1. The largest absolute Gasteiger partial charge is 0.480 e. The van der Waals surface area contributed by atoms with E-state index in [0.29, 0.717) is 5.56 Å². The number of aryl methyl sites for hydroxylation is 1. The van der Waals surface area contributed by atoms with Gasteiger partial charge in [0.15, 0.2) is 9.84 Å². The number of hydrogen-bond acceptors (Lipinski definition) is 5. The van der Waals surface area contributed by atoms with Crippen LogP contribution in [0.2, 0.25) is 0 Å². The first kappa shape index (κ1) is 20.6. The standard InChI is InChI=1S/C15H23NO6S2/c1-9(2)6-12(15(17)18)16-24(21,22)14-8-10(3)7-13(11(14)4)23(5,19)20/h7-9,12,16H,6H2,1-5H3,(H,17,18)/t12-/m0/s1. The Labute approximate surface area is 143 Å². The fourth-order valence-corrected chi connectivity index (χ4v) is 5.06. The summed E-state index contributed by atoms with van der Waals surface area (Å²) in [6.45, 7) is 6.53. The lowest BCUT2D eigenvalue weighted by molar-refractivity contribution is -0.139. The van der Waals surface area contributed by atoms with Gasteiger partial charge in [0.05, 0.1) is 9.79 Å². The summed E-state index contributed by atoms with van der Waals surface area (Å²) >= 11 is 0. The quantitative estimate of drug-likeness (QED) is 0.743. The molecule has 0 fully saturated rings. The molecule has 0 radical (unpaired) electrons. The van der Waals surface area contributed by atoms with Crippen molar-refractivity contribution in [3.05, 3.63) is 23.3 Å². The maximum atomic E-state index is 12.6. The lowest BCUT2D eigenvalue weighted by Crippen LogP contribution is -2.41. The molecule has 0 saturated heterocycles. The molecular weight excluding hydrogens is 354 g/mol.